The van der Waals surface area contributed by atoms with Crippen LogP contribution in [-0.4, -0.2) is 34.7 Å². The lowest BCUT2D eigenvalue weighted by Gasteiger charge is -2.16. The van der Waals surface area contributed by atoms with Crippen molar-refractivity contribution < 1.29 is 13.9 Å². The molecule has 1 heterocycles. The van der Waals surface area contributed by atoms with Gasteiger partial charge in [0.1, 0.15) is 5.75 Å². The number of benzene rings is 2. The lowest BCUT2D eigenvalue weighted by atomic mass is 10.2. The van der Waals surface area contributed by atoms with E-state index in [1.165, 1.54) is 4.90 Å². The van der Waals surface area contributed by atoms with Crippen LogP contribution < -0.4 is 4.74 Å². The van der Waals surface area contributed by atoms with E-state index >= 15 is 0 Å². The van der Waals surface area contributed by atoms with E-state index in [9.17, 15) is 4.79 Å². The Kier molecular flexibility index (Phi) is 5.09. The fourth-order valence-corrected chi connectivity index (χ4v) is 2.27. The SMILES string of the molecule is Cc1ccccc1OCC(=O)N(C)Cc1nnc(-c2ccccc2)o1. The van der Waals surface area contributed by atoms with Gasteiger partial charge in [0.25, 0.3) is 5.91 Å². The largest absolute Gasteiger partial charge is 0.484 e. The summed E-state index contributed by atoms with van der Waals surface area (Å²) in [4.78, 5) is 13.7. The van der Waals surface area contributed by atoms with E-state index in [-0.39, 0.29) is 19.1 Å². The highest BCUT2D eigenvalue weighted by Crippen LogP contribution is 2.18. The van der Waals surface area contributed by atoms with Crippen LogP contribution in [0.2, 0.25) is 0 Å². The quantitative estimate of drug-likeness (QED) is 0.691. The summed E-state index contributed by atoms with van der Waals surface area (Å²) in [6.07, 6.45) is 0. The van der Waals surface area contributed by atoms with Gasteiger partial charge in [0, 0.05) is 12.6 Å². The molecule has 0 aliphatic heterocycles. The maximum atomic E-state index is 12.2. The van der Waals surface area contributed by atoms with Crippen molar-refractivity contribution >= 4 is 5.91 Å². The minimum Gasteiger partial charge on any atom is -0.484 e. The molecule has 0 saturated heterocycles. The van der Waals surface area contributed by atoms with Gasteiger partial charge in [-0.15, -0.1) is 10.2 Å². The van der Waals surface area contributed by atoms with Gasteiger partial charge in [-0.25, -0.2) is 0 Å². The molecule has 25 heavy (non-hydrogen) atoms. The monoisotopic (exact) mass is 337 g/mol. The first kappa shape index (κ1) is 16.7. The predicted octanol–water partition coefficient (Wildman–Crippen LogP) is 3.08. The first-order valence-electron chi connectivity index (χ1n) is 7.93. The van der Waals surface area contributed by atoms with E-state index in [4.69, 9.17) is 9.15 Å². The van der Waals surface area contributed by atoms with Gasteiger partial charge < -0.3 is 14.1 Å². The fraction of sp³-hybridized carbons (Fsp3) is 0.211. The second kappa shape index (κ2) is 7.61. The molecule has 3 aromatic rings. The number of para-hydroxylation sites is 1. The van der Waals surface area contributed by atoms with Crippen molar-refractivity contribution in [3.8, 4) is 17.2 Å². The number of likely N-dealkylation sites (N-methyl/N-ethyl adjacent to an activating group) is 1. The van der Waals surface area contributed by atoms with Crippen LogP contribution in [0, 0.1) is 6.92 Å². The third kappa shape index (κ3) is 4.23. The summed E-state index contributed by atoms with van der Waals surface area (Å²) < 4.78 is 11.2. The number of hydrogen-bond acceptors (Lipinski definition) is 5. The van der Waals surface area contributed by atoms with Crippen LogP contribution in [0.4, 0.5) is 0 Å². The number of carbonyl (C=O) groups excluding carboxylic acids is 1. The zero-order valence-electron chi connectivity index (χ0n) is 14.2. The van der Waals surface area contributed by atoms with Gasteiger partial charge >= 0.3 is 0 Å². The summed E-state index contributed by atoms with van der Waals surface area (Å²) in [6.45, 7) is 2.13. The van der Waals surface area contributed by atoms with Crippen LogP contribution in [0.3, 0.4) is 0 Å². The highest BCUT2D eigenvalue weighted by atomic mass is 16.5. The Morgan fingerprint density at radius 2 is 1.80 bits per heavy atom. The van der Waals surface area contributed by atoms with Crippen molar-refractivity contribution in [2.75, 3.05) is 13.7 Å². The third-order valence-corrected chi connectivity index (χ3v) is 3.73. The molecule has 0 saturated carbocycles. The molecule has 0 bridgehead atoms. The van der Waals surface area contributed by atoms with Gasteiger partial charge in [0.05, 0.1) is 6.54 Å². The lowest BCUT2D eigenvalue weighted by molar-refractivity contribution is -0.132. The fourth-order valence-electron chi connectivity index (χ4n) is 2.27. The van der Waals surface area contributed by atoms with E-state index in [1.807, 2.05) is 61.5 Å². The molecule has 0 fully saturated rings. The molecule has 2 aromatic carbocycles. The van der Waals surface area contributed by atoms with Crippen molar-refractivity contribution in [1.29, 1.82) is 0 Å². The molecule has 6 heteroatoms. The Bertz CT molecular complexity index is 846. The van der Waals surface area contributed by atoms with Crippen LogP contribution in [0.1, 0.15) is 11.5 Å². The minimum absolute atomic E-state index is 0.0406. The highest BCUT2D eigenvalue weighted by Gasteiger charge is 2.15. The molecule has 0 aliphatic rings. The van der Waals surface area contributed by atoms with Crippen molar-refractivity contribution in [2.24, 2.45) is 0 Å². The standard InChI is InChI=1S/C19H19N3O3/c1-14-8-6-7-11-16(14)24-13-18(23)22(2)12-17-20-21-19(25-17)15-9-4-3-5-10-15/h3-11H,12-13H2,1-2H3. The average Bonchev–Trinajstić information content (AvgIpc) is 3.10. The van der Waals surface area contributed by atoms with E-state index < -0.39 is 0 Å². The number of aryl methyl sites for hydroxylation is 1. The molecule has 0 N–H and O–H groups in total. The molecule has 0 aliphatic carbocycles. The smallest absolute Gasteiger partial charge is 0.260 e. The number of aromatic nitrogens is 2. The van der Waals surface area contributed by atoms with Gasteiger partial charge in [0.15, 0.2) is 6.61 Å². The number of carbonyl (C=O) groups is 1. The van der Waals surface area contributed by atoms with Gasteiger partial charge in [-0.2, -0.15) is 0 Å². The minimum atomic E-state index is -0.164. The maximum Gasteiger partial charge on any atom is 0.260 e. The zero-order chi connectivity index (χ0) is 17.6. The molecule has 0 spiro atoms. The molecule has 6 nitrogen and oxygen atoms in total. The number of ether oxygens (including phenoxy) is 1. The lowest BCUT2D eigenvalue weighted by Crippen LogP contribution is -2.31. The molecule has 128 valence electrons. The van der Waals surface area contributed by atoms with Gasteiger partial charge in [-0.1, -0.05) is 36.4 Å². The molecule has 1 aromatic heterocycles. The van der Waals surface area contributed by atoms with E-state index in [1.54, 1.807) is 7.05 Å². The summed E-state index contributed by atoms with van der Waals surface area (Å²) in [5, 5.41) is 8.01. The molecule has 0 radical (unpaired) electrons. The molecular formula is C19H19N3O3. The van der Waals surface area contributed by atoms with Crippen molar-refractivity contribution in [3.05, 3.63) is 66.1 Å². The Hall–Kier alpha value is -3.15. The summed E-state index contributed by atoms with van der Waals surface area (Å²) in [6, 6.07) is 17.1. The van der Waals surface area contributed by atoms with Crippen molar-refractivity contribution in [2.45, 2.75) is 13.5 Å². The Labute approximate surface area is 146 Å². The Morgan fingerprint density at radius 1 is 1.08 bits per heavy atom. The third-order valence-electron chi connectivity index (χ3n) is 3.73. The first-order chi connectivity index (χ1) is 12.1. The summed E-state index contributed by atoms with van der Waals surface area (Å²) in [5.74, 6) is 1.36. The van der Waals surface area contributed by atoms with Crippen LogP contribution in [0.15, 0.2) is 59.0 Å². The molecule has 1 amide bonds. The highest BCUT2D eigenvalue weighted by molar-refractivity contribution is 5.77. The predicted molar refractivity (Wildman–Crippen MR) is 92.9 cm³/mol. The number of amides is 1. The van der Waals surface area contributed by atoms with Gasteiger partial charge in [-0.05, 0) is 30.7 Å². The normalized spacial score (nSPS) is 10.5. The second-order valence-corrected chi connectivity index (χ2v) is 5.67. The molecule has 3 rings (SSSR count). The van der Waals surface area contributed by atoms with Crippen molar-refractivity contribution in [3.63, 3.8) is 0 Å². The van der Waals surface area contributed by atoms with E-state index in [2.05, 4.69) is 10.2 Å². The topological polar surface area (TPSA) is 68.5 Å². The number of hydrogen-bond donors (Lipinski definition) is 0. The van der Waals surface area contributed by atoms with Crippen LogP contribution in [0.5, 0.6) is 5.75 Å². The number of rotatable bonds is 6. The summed E-state index contributed by atoms with van der Waals surface area (Å²) >= 11 is 0. The maximum absolute atomic E-state index is 12.2. The Morgan fingerprint density at radius 3 is 2.56 bits per heavy atom. The first-order valence-corrected chi connectivity index (χ1v) is 7.93. The van der Waals surface area contributed by atoms with E-state index in [0.29, 0.717) is 17.5 Å². The van der Waals surface area contributed by atoms with Crippen LogP contribution in [-0.2, 0) is 11.3 Å². The molecular weight excluding hydrogens is 318 g/mol. The second-order valence-electron chi connectivity index (χ2n) is 5.67. The molecule has 0 unspecified atom stereocenters. The Balaban J connectivity index is 1.57. The van der Waals surface area contributed by atoms with E-state index in [0.717, 1.165) is 11.1 Å². The average molecular weight is 337 g/mol. The number of nitrogens with zero attached hydrogens (tertiary/aromatic N) is 3. The van der Waals surface area contributed by atoms with Crippen LogP contribution >= 0.6 is 0 Å². The van der Waals surface area contributed by atoms with Gasteiger partial charge in [-0.3, -0.25) is 4.79 Å². The van der Waals surface area contributed by atoms with Crippen LogP contribution in [0.25, 0.3) is 11.5 Å². The van der Waals surface area contributed by atoms with Crippen molar-refractivity contribution in [1.82, 2.24) is 15.1 Å². The molecule has 0 atom stereocenters. The zero-order valence-corrected chi connectivity index (χ0v) is 14.2. The summed E-state index contributed by atoms with van der Waals surface area (Å²) in [5.41, 5.74) is 1.83. The van der Waals surface area contributed by atoms with Gasteiger partial charge in [0.2, 0.25) is 11.8 Å². The summed E-state index contributed by atoms with van der Waals surface area (Å²) in [7, 11) is 1.68.